The lowest BCUT2D eigenvalue weighted by Crippen LogP contribution is -2.51. The van der Waals surface area contributed by atoms with Crippen molar-refractivity contribution in [3.63, 3.8) is 0 Å². The van der Waals surface area contributed by atoms with E-state index < -0.39 is 0 Å². The average molecular weight is 178 g/mol. The Kier molecular flexibility index (Phi) is 3.49. The molecule has 0 aliphatic rings. The van der Waals surface area contributed by atoms with E-state index >= 15 is 0 Å². The van der Waals surface area contributed by atoms with Crippen LogP contribution in [0.3, 0.4) is 0 Å². The zero-order valence-corrected chi connectivity index (χ0v) is 8.88. The largest absolute Gasteiger partial charge is 0.352 e. The molecule has 13 heavy (non-hydrogen) atoms. The number of hydrogen-bond acceptors (Lipinski definition) is 0. The molecular weight excluding hydrogens is 158 g/mol. The van der Waals surface area contributed by atoms with Crippen LogP contribution in [0.15, 0.2) is 24.3 Å². The molecule has 0 unspecified atom stereocenters. The highest BCUT2D eigenvalue weighted by Crippen LogP contribution is 2.19. The molecule has 0 heterocycles. The summed E-state index contributed by atoms with van der Waals surface area (Å²) in [5.74, 6) is 0.675. The van der Waals surface area contributed by atoms with E-state index in [4.69, 9.17) is 0 Å². The highest BCUT2D eigenvalue weighted by Gasteiger charge is 2.05. The van der Waals surface area contributed by atoms with Gasteiger partial charge in [-0.2, -0.15) is 0 Å². The second kappa shape index (κ2) is 4.43. The van der Waals surface area contributed by atoms with Crippen molar-refractivity contribution in [2.45, 2.75) is 39.2 Å². The van der Waals surface area contributed by atoms with Gasteiger partial charge in [0, 0.05) is 5.56 Å². The monoisotopic (exact) mass is 178 g/mol. The number of rotatable bonds is 3. The Morgan fingerprint density at radius 1 is 1.08 bits per heavy atom. The Balaban J connectivity index is 2.81. The summed E-state index contributed by atoms with van der Waals surface area (Å²) in [6, 6.07) is 9.24. The number of benzene rings is 1. The Morgan fingerprint density at radius 3 is 1.92 bits per heavy atom. The molecule has 1 heteroatoms. The van der Waals surface area contributed by atoms with E-state index in [2.05, 4.69) is 50.8 Å². The molecule has 0 fully saturated rings. The van der Waals surface area contributed by atoms with Crippen LogP contribution in [-0.2, 0) is 0 Å². The van der Waals surface area contributed by atoms with Crippen LogP contribution in [0.5, 0.6) is 0 Å². The molecule has 1 rings (SSSR count). The second-order valence-corrected chi connectivity index (χ2v) is 3.88. The average Bonchev–Trinajstić information content (AvgIpc) is 2.17. The second-order valence-electron chi connectivity index (χ2n) is 3.88. The molecule has 0 saturated heterocycles. The van der Waals surface area contributed by atoms with Gasteiger partial charge in [-0.3, -0.25) is 0 Å². The molecule has 0 radical (unpaired) electrons. The minimum atomic E-state index is 0.394. The SMILES string of the molecule is CC[C@@H](C)c1ccc([C@@H](C)[NH3+])cc1. The smallest absolute Gasteiger partial charge is 0.107 e. The summed E-state index contributed by atoms with van der Waals surface area (Å²) in [5, 5.41) is 0. The van der Waals surface area contributed by atoms with E-state index in [0.717, 1.165) is 0 Å². The maximum atomic E-state index is 4.00. The molecule has 72 valence electrons. The quantitative estimate of drug-likeness (QED) is 0.736. The molecule has 0 aliphatic heterocycles. The summed E-state index contributed by atoms with van der Waals surface area (Å²) in [4.78, 5) is 0. The molecule has 1 aromatic rings. The van der Waals surface area contributed by atoms with Gasteiger partial charge in [-0.25, -0.2) is 0 Å². The highest BCUT2D eigenvalue weighted by molar-refractivity contribution is 5.25. The predicted octanol–water partition coefficient (Wildman–Crippen LogP) is 2.50. The van der Waals surface area contributed by atoms with Gasteiger partial charge in [0.05, 0.1) is 0 Å². The van der Waals surface area contributed by atoms with Gasteiger partial charge >= 0.3 is 0 Å². The van der Waals surface area contributed by atoms with Crippen LogP contribution in [0.1, 0.15) is 50.3 Å². The lowest BCUT2D eigenvalue weighted by atomic mass is 9.96. The van der Waals surface area contributed by atoms with E-state index in [1.165, 1.54) is 17.5 Å². The molecule has 3 N–H and O–H groups in total. The van der Waals surface area contributed by atoms with Crippen molar-refractivity contribution in [3.05, 3.63) is 35.4 Å². The number of hydrogen-bond donors (Lipinski definition) is 1. The zero-order valence-electron chi connectivity index (χ0n) is 8.88. The van der Waals surface area contributed by atoms with Crippen molar-refractivity contribution in [1.82, 2.24) is 0 Å². The summed E-state index contributed by atoms with van der Waals surface area (Å²) in [5.41, 5.74) is 6.77. The van der Waals surface area contributed by atoms with Gasteiger partial charge in [0.15, 0.2) is 0 Å². The molecule has 0 aliphatic carbocycles. The summed E-state index contributed by atoms with van der Waals surface area (Å²) < 4.78 is 0. The molecule has 0 bridgehead atoms. The number of quaternary nitrogens is 1. The summed E-state index contributed by atoms with van der Waals surface area (Å²) in [6.07, 6.45) is 1.21. The van der Waals surface area contributed by atoms with E-state index in [1.807, 2.05) is 0 Å². The fourth-order valence-electron chi connectivity index (χ4n) is 1.39. The van der Waals surface area contributed by atoms with Crippen LogP contribution >= 0.6 is 0 Å². The van der Waals surface area contributed by atoms with Crippen LogP contribution in [0.4, 0.5) is 0 Å². The lowest BCUT2D eigenvalue weighted by molar-refractivity contribution is -0.420. The third kappa shape index (κ3) is 2.56. The van der Waals surface area contributed by atoms with Crippen molar-refractivity contribution in [1.29, 1.82) is 0 Å². The minimum Gasteiger partial charge on any atom is -0.352 e. The van der Waals surface area contributed by atoms with Crippen molar-refractivity contribution in [3.8, 4) is 0 Å². The molecule has 1 nitrogen and oxygen atoms in total. The highest BCUT2D eigenvalue weighted by atomic mass is 14.6. The maximum Gasteiger partial charge on any atom is 0.107 e. The Labute approximate surface area is 81.0 Å². The van der Waals surface area contributed by atoms with Gasteiger partial charge in [-0.15, -0.1) is 0 Å². The first-order chi connectivity index (χ1) is 6.15. The molecule has 0 spiro atoms. The van der Waals surface area contributed by atoms with Crippen molar-refractivity contribution in [2.75, 3.05) is 0 Å². The minimum absolute atomic E-state index is 0.394. The van der Waals surface area contributed by atoms with Crippen LogP contribution < -0.4 is 5.73 Å². The van der Waals surface area contributed by atoms with Gasteiger partial charge in [0.1, 0.15) is 6.04 Å². The van der Waals surface area contributed by atoms with Crippen LogP contribution in [-0.4, -0.2) is 0 Å². The van der Waals surface area contributed by atoms with Gasteiger partial charge in [-0.05, 0) is 24.8 Å². The molecule has 0 aromatic heterocycles. The summed E-state index contributed by atoms with van der Waals surface area (Å²) in [6.45, 7) is 6.61. The van der Waals surface area contributed by atoms with E-state index in [-0.39, 0.29) is 0 Å². The first-order valence-corrected chi connectivity index (χ1v) is 5.08. The Hall–Kier alpha value is -0.820. The first-order valence-electron chi connectivity index (χ1n) is 5.08. The Bertz CT molecular complexity index is 248. The standard InChI is InChI=1S/C12H19N/c1-4-9(2)11-5-7-12(8-6-11)10(3)13/h5-10H,4,13H2,1-3H3/p+1/t9-,10-/m1/s1. The van der Waals surface area contributed by atoms with Gasteiger partial charge in [0.25, 0.3) is 0 Å². The zero-order chi connectivity index (χ0) is 9.84. The van der Waals surface area contributed by atoms with Crippen molar-refractivity contribution in [2.24, 2.45) is 0 Å². The van der Waals surface area contributed by atoms with Crippen LogP contribution in [0.25, 0.3) is 0 Å². The van der Waals surface area contributed by atoms with Crippen LogP contribution in [0, 0.1) is 0 Å². The maximum absolute atomic E-state index is 4.00. The summed E-state index contributed by atoms with van der Waals surface area (Å²) in [7, 11) is 0. The lowest BCUT2D eigenvalue weighted by Gasteiger charge is -2.09. The summed E-state index contributed by atoms with van der Waals surface area (Å²) >= 11 is 0. The van der Waals surface area contributed by atoms with Gasteiger partial charge in [-0.1, -0.05) is 38.1 Å². The third-order valence-corrected chi connectivity index (χ3v) is 2.69. The van der Waals surface area contributed by atoms with E-state index in [1.54, 1.807) is 0 Å². The van der Waals surface area contributed by atoms with Gasteiger partial charge < -0.3 is 5.73 Å². The predicted molar refractivity (Wildman–Crippen MR) is 56.5 cm³/mol. The topological polar surface area (TPSA) is 27.6 Å². The Morgan fingerprint density at radius 2 is 1.54 bits per heavy atom. The molecule has 0 amide bonds. The fraction of sp³-hybridized carbons (Fsp3) is 0.500. The molecule has 0 saturated carbocycles. The molecule has 2 atom stereocenters. The van der Waals surface area contributed by atoms with Crippen molar-refractivity contribution < 1.29 is 5.73 Å². The normalized spacial score (nSPS) is 15.4. The molecular formula is C12H20N+. The van der Waals surface area contributed by atoms with E-state index in [9.17, 15) is 0 Å². The van der Waals surface area contributed by atoms with Crippen LogP contribution in [0.2, 0.25) is 0 Å². The van der Waals surface area contributed by atoms with Crippen molar-refractivity contribution >= 4 is 0 Å². The van der Waals surface area contributed by atoms with E-state index in [0.29, 0.717) is 12.0 Å². The first kappa shape index (κ1) is 10.3. The van der Waals surface area contributed by atoms with Gasteiger partial charge in [0.2, 0.25) is 0 Å². The third-order valence-electron chi connectivity index (χ3n) is 2.69. The fourth-order valence-corrected chi connectivity index (χ4v) is 1.39. The molecule has 1 aromatic carbocycles.